The van der Waals surface area contributed by atoms with Crippen molar-refractivity contribution >= 4 is 34.0 Å². The highest BCUT2D eigenvalue weighted by atomic mass is 35.5. The molecule has 96 valence electrons. The summed E-state index contributed by atoms with van der Waals surface area (Å²) < 4.78 is 10.8. The lowest BCUT2D eigenvalue weighted by molar-refractivity contribution is 0.319. The molecule has 0 atom stereocenters. The van der Waals surface area contributed by atoms with Crippen molar-refractivity contribution in [2.45, 2.75) is 6.42 Å². The first-order valence-corrected chi connectivity index (χ1v) is 6.62. The van der Waals surface area contributed by atoms with E-state index >= 15 is 0 Å². The Labute approximate surface area is 116 Å². The van der Waals surface area contributed by atoms with Crippen LogP contribution in [0.25, 0.3) is 10.8 Å². The molecule has 0 amide bonds. The highest BCUT2D eigenvalue weighted by molar-refractivity contribution is 6.37. The minimum absolute atomic E-state index is 0.574. The zero-order valence-electron chi connectivity index (χ0n) is 10.1. The summed E-state index contributed by atoms with van der Waals surface area (Å²) in [5, 5.41) is 2.62. The smallest absolute Gasteiger partial charge is 0.138 e. The van der Waals surface area contributed by atoms with E-state index in [0.717, 1.165) is 22.9 Å². The zero-order valence-corrected chi connectivity index (χ0v) is 11.6. The molecule has 4 heteroatoms. The lowest BCUT2D eigenvalue weighted by atomic mass is 10.1. The first kappa shape index (κ1) is 13.3. The van der Waals surface area contributed by atoms with Gasteiger partial charge in [0.2, 0.25) is 0 Å². The Morgan fingerprint density at radius 2 is 2.00 bits per heavy atom. The first-order valence-electron chi connectivity index (χ1n) is 5.71. The average molecular weight is 285 g/mol. The molecule has 0 aliphatic carbocycles. The second-order valence-corrected chi connectivity index (χ2v) is 4.61. The lowest BCUT2D eigenvalue weighted by Crippen LogP contribution is -1.98. The number of alkyl halides is 1. The molecule has 2 aromatic carbocycles. The Kier molecular flexibility index (Phi) is 4.56. The summed E-state index contributed by atoms with van der Waals surface area (Å²) in [6.45, 7) is 0.574. The number of halogens is 2. The van der Waals surface area contributed by atoms with E-state index in [1.54, 1.807) is 7.11 Å². The number of methoxy groups -OCH3 is 1. The van der Waals surface area contributed by atoms with Gasteiger partial charge in [0.15, 0.2) is 0 Å². The molecule has 2 aromatic rings. The quantitative estimate of drug-likeness (QED) is 0.594. The number of rotatable bonds is 5. The maximum absolute atomic E-state index is 6.32. The standard InChI is InChI=1S/C14H14Cl2O2/c1-17-11-4-5-12-10(9-11)3-6-13(14(12)16)18-8-2-7-15/h3-6,9H,2,7-8H2,1H3. The van der Waals surface area contributed by atoms with E-state index in [1.165, 1.54) is 0 Å². The van der Waals surface area contributed by atoms with E-state index in [2.05, 4.69) is 0 Å². The monoisotopic (exact) mass is 284 g/mol. The van der Waals surface area contributed by atoms with E-state index < -0.39 is 0 Å². The van der Waals surface area contributed by atoms with Crippen molar-refractivity contribution in [3.8, 4) is 11.5 Å². The van der Waals surface area contributed by atoms with Gasteiger partial charge in [0.25, 0.3) is 0 Å². The number of fused-ring (bicyclic) bond motifs is 1. The fourth-order valence-electron chi connectivity index (χ4n) is 1.73. The molecule has 0 aliphatic rings. The van der Waals surface area contributed by atoms with Crippen molar-refractivity contribution in [3.05, 3.63) is 35.4 Å². The second kappa shape index (κ2) is 6.17. The van der Waals surface area contributed by atoms with E-state index in [0.29, 0.717) is 23.3 Å². The molecule has 0 fully saturated rings. The van der Waals surface area contributed by atoms with Crippen LogP contribution in [0.1, 0.15) is 6.42 Å². The van der Waals surface area contributed by atoms with E-state index in [-0.39, 0.29) is 0 Å². The Balaban J connectivity index is 2.32. The summed E-state index contributed by atoms with van der Waals surface area (Å²) in [5.74, 6) is 2.09. The molecule has 0 N–H and O–H groups in total. The largest absolute Gasteiger partial charge is 0.497 e. The zero-order chi connectivity index (χ0) is 13.0. The van der Waals surface area contributed by atoms with Gasteiger partial charge in [-0.1, -0.05) is 17.7 Å². The molecule has 0 spiro atoms. The molecule has 0 radical (unpaired) electrons. The molecule has 18 heavy (non-hydrogen) atoms. The van der Waals surface area contributed by atoms with Crippen LogP contribution in [0, 0.1) is 0 Å². The molecule has 2 rings (SSSR count). The molecular weight excluding hydrogens is 271 g/mol. The van der Waals surface area contributed by atoms with Gasteiger partial charge in [0, 0.05) is 11.3 Å². The number of ether oxygens (including phenoxy) is 2. The molecule has 0 aromatic heterocycles. The summed E-state index contributed by atoms with van der Waals surface area (Å²) in [4.78, 5) is 0. The van der Waals surface area contributed by atoms with E-state index in [4.69, 9.17) is 32.7 Å². The first-order chi connectivity index (χ1) is 8.76. The van der Waals surface area contributed by atoms with Crippen LogP contribution in [-0.4, -0.2) is 19.6 Å². The Hall–Kier alpha value is -1.12. The summed E-state index contributed by atoms with van der Waals surface area (Å²) in [6, 6.07) is 9.61. The number of hydrogen-bond donors (Lipinski definition) is 0. The van der Waals surface area contributed by atoms with Crippen LogP contribution in [0.3, 0.4) is 0 Å². The second-order valence-electron chi connectivity index (χ2n) is 3.86. The summed E-state index contributed by atoms with van der Waals surface area (Å²) in [5.41, 5.74) is 0. The van der Waals surface area contributed by atoms with Gasteiger partial charge in [-0.2, -0.15) is 0 Å². The molecule has 0 bridgehead atoms. The lowest BCUT2D eigenvalue weighted by Gasteiger charge is -2.10. The minimum atomic E-state index is 0.574. The molecule has 0 saturated carbocycles. The van der Waals surface area contributed by atoms with Crippen LogP contribution in [0.5, 0.6) is 11.5 Å². The van der Waals surface area contributed by atoms with Gasteiger partial charge in [0.05, 0.1) is 18.7 Å². The Morgan fingerprint density at radius 3 is 2.72 bits per heavy atom. The Morgan fingerprint density at radius 1 is 1.17 bits per heavy atom. The molecular formula is C14H14Cl2O2. The Bertz CT molecular complexity index is 541. The topological polar surface area (TPSA) is 18.5 Å². The normalized spacial score (nSPS) is 10.6. The van der Waals surface area contributed by atoms with Crippen molar-refractivity contribution in [1.82, 2.24) is 0 Å². The van der Waals surface area contributed by atoms with Gasteiger partial charge in [0.1, 0.15) is 11.5 Å². The number of hydrogen-bond acceptors (Lipinski definition) is 2. The fraction of sp³-hybridized carbons (Fsp3) is 0.286. The third-order valence-corrected chi connectivity index (χ3v) is 3.32. The molecule has 0 unspecified atom stereocenters. The fourth-order valence-corrected chi connectivity index (χ4v) is 2.12. The maximum Gasteiger partial charge on any atom is 0.138 e. The van der Waals surface area contributed by atoms with E-state index in [1.807, 2.05) is 30.3 Å². The van der Waals surface area contributed by atoms with Gasteiger partial charge in [-0.15, -0.1) is 11.6 Å². The van der Waals surface area contributed by atoms with Crippen LogP contribution in [-0.2, 0) is 0 Å². The van der Waals surface area contributed by atoms with Gasteiger partial charge in [-0.25, -0.2) is 0 Å². The van der Waals surface area contributed by atoms with Gasteiger partial charge >= 0.3 is 0 Å². The maximum atomic E-state index is 6.32. The third-order valence-electron chi connectivity index (χ3n) is 2.66. The number of benzene rings is 2. The average Bonchev–Trinajstić information content (AvgIpc) is 2.41. The highest BCUT2D eigenvalue weighted by Gasteiger charge is 2.07. The summed E-state index contributed by atoms with van der Waals surface area (Å²) in [7, 11) is 1.65. The van der Waals surface area contributed by atoms with Crippen molar-refractivity contribution in [3.63, 3.8) is 0 Å². The highest BCUT2D eigenvalue weighted by Crippen LogP contribution is 2.34. The van der Waals surface area contributed by atoms with Gasteiger partial charge in [-0.3, -0.25) is 0 Å². The van der Waals surface area contributed by atoms with E-state index in [9.17, 15) is 0 Å². The van der Waals surface area contributed by atoms with Crippen LogP contribution in [0.2, 0.25) is 5.02 Å². The van der Waals surface area contributed by atoms with Crippen LogP contribution in [0.15, 0.2) is 30.3 Å². The van der Waals surface area contributed by atoms with Crippen LogP contribution >= 0.6 is 23.2 Å². The summed E-state index contributed by atoms with van der Waals surface area (Å²) in [6.07, 6.45) is 0.804. The molecule has 0 saturated heterocycles. The molecule has 0 heterocycles. The SMILES string of the molecule is COc1ccc2c(Cl)c(OCCCCl)ccc2c1. The predicted octanol–water partition coefficient (Wildman–Crippen LogP) is 4.51. The van der Waals surface area contributed by atoms with Crippen molar-refractivity contribution in [1.29, 1.82) is 0 Å². The van der Waals surface area contributed by atoms with Crippen LogP contribution < -0.4 is 9.47 Å². The van der Waals surface area contributed by atoms with Crippen molar-refractivity contribution < 1.29 is 9.47 Å². The predicted molar refractivity (Wildman–Crippen MR) is 76.3 cm³/mol. The molecule has 0 aliphatic heterocycles. The van der Waals surface area contributed by atoms with Crippen molar-refractivity contribution in [2.75, 3.05) is 19.6 Å². The van der Waals surface area contributed by atoms with Gasteiger partial charge < -0.3 is 9.47 Å². The minimum Gasteiger partial charge on any atom is -0.497 e. The molecule has 2 nitrogen and oxygen atoms in total. The van der Waals surface area contributed by atoms with Gasteiger partial charge in [-0.05, 0) is 36.1 Å². The summed E-state index contributed by atoms with van der Waals surface area (Å²) >= 11 is 11.9. The van der Waals surface area contributed by atoms with Crippen LogP contribution in [0.4, 0.5) is 0 Å². The third kappa shape index (κ3) is 2.82. The van der Waals surface area contributed by atoms with Crippen molar-refractivity contribution in [2.24, 2.45) is 0 Å².